The van der Waals surface area contributed by atoms with Gasteiger partial charge in [0.1, 0.15) is 5.78 Å². The number of carboxylic acid groups (broad SMARTS) is 1. The number of carboxylic acids is 1. The van der Waals surface area contributed by atoms with E-state index in [0.29, 0.717) is 12.3 Å². The maximum absolute atomic E-state index is 11.1. The van der Waals surface area contributed by atoms with Gasteiger partial charge in [-0.15, -0.1) is 0 Å². The molecule has 11 heavy (non-hydrogen) atoms. The van der Waals surface area contributed by atoms with Crippen molar-refractivity contribution in [3.63, 3.8) is 0 Å². The fourth-order valence-corrected chi connectivity index (χ4v) is 2.37. The summed E-state index contributed by atoms with van der Waals surface area (Å²) in [6.45, 7) is 0. The number of hydrogen-bond acceptors (Lipinski definition) is 2. The quantitative estimate of drug-likeness (QED) is 0.604. The van der Waals surface area contributed by atoms with E-state index in [1.54, 1.807) is 0 Å². The largest absolute Gasteiger partial charge is 0.481 e. The molecule has 0 aromatic carbocycles. The summed E-state index contributed by atoms with van der Waals surface area (Å²) in [4.78, 5) is 21.7. The zero-order valence-corrected chi connectivity index (χ0v) is 6.12. The van der Waals surface area contributed by atoms with E-state index >= 15 is 0 Å². The van der Waals surface area contributed by atoms with Crippen LogP contribution in [0, 0.1) is 17.8 Å². The van der Waals surface area contributed by atoms with Crippen molar-refractivity contribution in [3.8, 4) is 0 Å². The minimum atomic E-state index is -0.787. The number of ketones is 1. The van der Waals surface area contributed by atoms with Crippen LogP contribution in [0.5, 0.6) is 0 Å². The molecule has 0 aromatic heterocycles. The third-order valence-corrected chi connectivity index (χ3v) is 2.88. The van der Waals surface area contributed by atoms with Crippen molar-refractivity contribution in [2.75, 3.05) is 0 Å². The van der Waals surface area contributed by atoms with Gasteiger partial charge < -0.3 is 5.11 Å². The number of carbonyl (C=O) groups excluding carboxylic acids is 1. The first-order valence-corrected chi connectivity index (χ1v) is 3.94. The lowest BCUT2D eigenvalue weighted by Crippen LogP contribution is -2.26. The number of aliphatic carboxylic acids is 1. The summed E-state index contributed by atoms with van der Waals surface area (Å²) >= 11 is 0. The molecule has 2 saturated carbocycles. The van der Waals surface area contributed by atoms with Crippen molar-refractivity contribution in [3.05, 3.63) is 0 Å². The van der Waals surface area contributed by atoms with Crippen LogP contribution in [0.15, 0.2) is 0 Å². The molecule has 0 amide bonds. The molecule has 0 spiro atoms. The van der Waals surface area contributed by atoms with Crippen LogP contribution >= 0.6 is 0 Å². The van der Waals surface area contributed by atoms with E-state index in [4.69, 9.17) is 5.11 Å². The van der Waals surface area contributed by atoms with Crippen molar-refractivity contribution in [2.45, 2.75) is 19.3 Å². The number of Topliss-reactive ketones (excluding diaryl/α,β-unsaturated/α-hetero) is 1. The molecule has 2 aliphatic rings. The minimum Gasteiger partial charge on any atom is -0.481 e. The van der Waals surface area contributed by atoms with Crippen LogP contribution < -0.4 is 0 Å². The van der Waals surface area contributed by atoms with Gasteiger partial charge in [0, 0.05) is 12.3 Å². The normalized spacial score (nSPS) is 41.5. The van der Waals surface area contributed by atoms with Crippen LogP contribution in [0.2, 0.25) is 0 Å². The van der Waals surface area contributed by atoms with Crippen LogP contribution in [-0.4, -0.2) is 16.9 Å². The van der Waals surface area contributed by atoms with Crippen molar-refractivity contribution in [1.82, 2.24) is 0 Å². The van der Waals surface area contributed by atoms with Crippen molar-refractivity contribution in [2.24, 2.45) is 17.8 Å². The Hall–Kier alpha value is -0.860. The van der Waals surface area contributed by atoms with E-state index in [2.05, 4.69) is 0 Å². The summed E-state index contributed by atoms with van der Waals surface area (Å²) in [5.41, 5.74) is 0. The molecule has 2 fully saturated rings. The maximum Gasteiger partial charge on any atom is 0.307 e. The summed E-state index contributed by atoms with van der Waals surface area (Å²) in [5.74, 6) is -0.730. The topological polar surface area (TPSA) is 54.4 Å². The molecule has 0 radical (unpaired) electrons. The molecular formula is C8H10O3. The fraction of sp³-hybridized carbons (Fsp3) is 0.750. The predicted molar refractivity (Wildman–Crippen MR) is 37.0 cm³/mol. The first-order chi connectivity index (χ1) is 5.18. The average Bonchev–Trinajstić information content (AvgIpc) is 2.43. The lowest BCUT2D eigenvalue weighted by molar-refractivity contribution is -0.146. The molecule has 0 heterocycles. The van der Waals surface area contributed by atoms with Crippen molar-refractivity contribution >= 4 is 11.8 Å². The van der Waals surface area contributed by atoms with Gasteiger partial charge >= 0.3 is 5.97 Å². The van der Waals surface area contributed by atoms with E-state index in [9.17, 15) is 9.59 Å². The summed E-state index contributed by atoms with van der Waals surface area (Å²) in [6.07, 6.45) is 2.19. The zero-order chi connectivity index (χ0) is 8.01. The van der Waals surface area contributed by atoms with Gasteiger partial charge in [0.25, 0.3) is 0 Å². The Morgan fingerprint density at radius 3 is 2.55 bits per heavy atom. The first-order valence-electron chi connectivity index (χ1n) is 3.94. The van der Waals surface area contributed by atoms with Crippen LogP contribution in [-0.2, 0) is 9.59 Å². The van der Waals surface area contributed by atoms with Gasteiger partial charge in [-0.05, 0) is 18.8 Å². The highest BCUT2D eigenvalue weighted by Gasteiger charge is 2.48. The van der Waals surface area contributed by atoms with Gasteiger partial charge in [-0.25, -0.2) is 0 Å². The smallest absolute Gasteiger partial charge is 0.307 e. The van der Waals surface area contributed by atoms with Crippen molar-refractivity contribution in [1.29, 1.82) is 0 Å². The first kappa shape index (κ1) is 6.83. The zero-order valence-electron chi connectivity index (χ0n) is 6.12. The predicted octanol–water partition coefficient (Wildman–Crippen LogP) is 0.686. The Kier molecular flexibility index (Phi) is 1.28. The molecule has 60 valence electrons. The molecule has 3 heteroatoms. The van der Waals surface area contributed by atoms with E-state index in [-0.39, 0.29) is 17.6 Å². The van der Waals surface area contributed by atoms with Gasteiger partial charge in [0.15, 0.2) is 0 Å². The lowest BCUT2D eigenvalue weighted by atomic mass is 9.88. The molecule has 2 bridgehead atoms. The Labute approximate surface area is 64.4 Å². The average molecular weight is 154 g/mol. The maximum atomic E-state index is 11.1. The van der Waals surface area contributed by atoms with Crippen LogP contribution in [0.4, 0.5) is 0 Å². The third kappa shape index (κ3) is 0.870. The second-order valence-corrected chi connectivity index (χ2v) is 3.56. The highest BCUT2D eigenvalue weighted by atomic mass is 16.4. The van der Waals surface area contributed by atoms with Gasteiger partial charge in [-0.3, -0.25) is 9.59 Å². The Morgan fingerprint density at radius 2 is 2.18 bits per heavy atom. The standard InChI is InChI=1S/C8H10O3/c9-7-3-4-1-5(7)6(2-4)8(10)11/h4-6H,1-3H2,(H,10,11)/t4-,5+,6-/m1/s1. The van der Waals surface area contributed by atoms with E-state index < -0.39 is 5.97 Å². The summed E-state index contributed by atoms with van der Waals surface area (Å²) in [7, 11) is 0. The number of rotatable bonds is 1. The molecule has 0 aliphatic heterocycles. The van der Waals surface area contributed by atoms with E-state index in [1.165, 1.54) is 0 Å². The van der Waals surface area contributed by atoms with Gasteiger partial charge in [0.2, 0.25) is 0 Å². The molecule has 0 aromatic rings. The van der Waals surface area contributed by atoms with Crippen molar-refractivity contribution < 1.29 is 14.7 Å². The van der Waals surface area contributed by atoms with Gasteiger partial charge in [-0.1, -0.05) is 0 Å². The molecule has 0 unspecified atom stereocenters. The van der Waals surface area contributed by atoms with Gasteiger partial charge in [-0.2, -0.15) is 0 Å². The monoisotopic (exact) mass is 154 g/mol. The third-order valence-electron chi connectivity index (χ3n) is 2.88. The molecular weight excluding hydrogens is 144 g/mol. The number of carbonyl (C=O) groups is 2. The lowest BCUT2D eigenvalue weighted by Gasteiger charge is -2.15. The highest BCUT2D eigenvalue weighted by Crippen LogP contribution is 2.46. The molecule has 3 nitrogen and oxygen atoms in total. The Balaban J connectivity index is 2.18. The number of fused-ring (bicyclic) bond motifs is 2. The SMILES string of the molecule is O=C1C[C@@H]2C[C@H]1[C@H](C(=O)O)C2. The summed E-state index contributed by atoms with van der Waals surface area (Å²) in [5, 5.41) is 8.70. The van der Waals surface area contributed by atoms with Crippen LogP contribution in [0.25, 0.3) is 0 Å². The van der Waals surface area contributed by atoms with E-state index in [0.717, 1.165) is 12.8 Å². The molecule has 2 aliphatic carbocycles. The Morgan fingerprint density at radius 1 is 1.45 bits per heavy atom. The second kappa shape index (κ2) is 2.06. The molecule has 0 saturated heterocycles. The van der Waals surface area contributed by atoms with Crippen LogP contribution in [0.1, 0.15) is 19.3 Å². The minimum absolute atomic E-state index is 0.141. The fourth-order valence-electron chi connectivity index (χ4n) is 2.37. The molecule has 2 rings (SSSR count). The summed E-state index contributed by atoms with van der Waals surface area (Å²) in [6, 6.07) is 0. The second-order valence-electron chi connectivity index (χ2n) is 3.56. The number of hydrogen-bond donors (Lipinski definition) is 1. The van der Waals surface area contributed by atoms with Gasteiger partial charge in [0.05, 0.1) is 5.92 Å². The Bertz CT molecular complexity index is 221. The molecule has 1 N–H and O–H groups in total. The highest BCUT2D eigenvalue weighted by molar-refractivity contribution is 5.89. The van der Waals surface area contributed by atoms with Crippen LogP contribution in [0.3, 0.4) is 0 Å². The summed E-state index contributed by atoms with van der Waals surface area (Å²) < 4.78 is 0. The molecule has 3 atom stereocenters. The van der Waals surface area contributed by atoms with E-state index in [1.807, 2.05) is 0 Å².